The Bertz CT molecular complexity index is 113. The van der Waals surface area contributed by atoms with Gasteiger partial charge in [-0.1, -0.05) is 0 Å². The third-order valence-corrected chi connectivity index (χ3v) is 1.18. The van der Waals surface area contributed by atoms with Gasteiger partial charge in [-0.25, -0.2) is 0 Å². The molecule has 0 radical (unpaired) electrons. The zero-order valence-corrected chi connectivity index (χ0v) is 4.92. The van der Waals surface area contributed by atoms with Crippen molar-refractivity contribution in [1.29, 1.82) is 0 Å². The molecule has 1 aliphatic heterocycles. The molecule has 0 aliphatic carbocycles. The molecule has 1 aliphatic rings. The Morgan fingerprint density at radius 3 is 2.62 bits per heavy atom. The molecule has 1 fully saturated rings. The normalized spacial score (nSPS) is 34.8. The molecule has 0 spiro atoms. The number of hydrogen-bond donors (Lipinski definition) is 1. The first kappa shape index (κ1) is 5.72. The summed E-state index contributed by atoms with van der Waals surface area (Å²) < 4.78 is 0. The quantitative estimate of drug-likeness (QED) is 0.477. The Labute approximate surface area is 48.5 Å². The first-order valence-electron chi connectivity index (χ1n) is 2.69. The van der Waals surface area contributed by atoms with E-state index in [0.29, 0.717) is 6.54 Å². The van der Waals surface area contributed by atoms with Crippen molar-refractivity contribution in [2.24, 2.45) is 5.73 Å². The maximum absolute atomic E-state index is 10.3. The summed E-state index contributed by atoms with van der Waals surface area (Å²) in [7, 11) is 0. The van der Waals surface area contributed by atoms with Crippen molar-refractivity contribution in [3.63, 3.8) is 0 Å². The van der Waals surface area contributed by atoms with E-state index < -0.39 is 0 Å². The lowest BCUT2D eigenvalue weighted by molar-refractivity contribution is -0.117. The molecule has 0 amide bonds. The van der Waals surface area contributed by atoms with E-state index in [4.69, 9.17) is 5.73 Å². The fraction of sp³-hybridized carbons (Fsp3) is 0.800. The van der Waals surface area contributed by atoms with Crippen molar-refractivity contribution in [3.8, 4) is 0 Å². The molecule has 0 aromatic carbocycles. The smallest absolute Gasteiger partial charge is 0.143 e. The van der Waals surface area contributed by atoms with E-state index in [2.05, 4.69) is 0 Å². The van der Waals surface area contributed by atoms with Crippen LogP contribution in [0, 0.1) is 0 Å². The highest BCUT2D eigenvalue weighted by Crippen LogP contribution is 2.08. The summed E-state index contributed by atoms with van der Waals surface area (Å²) in [6.45, 7) is 2.99. The van der Waals surface area contributed by atoms with E-state index in [-0.39, 0.29) is 11.9 Å². The lowest BCUT2D eigenvalue weighted by Crippen LogP contribution is -2.15. The minimum absolute atomic E-state index is 0.166. The molecule has 1 rings (SSSR count). The van der Waals surface area contributed by atoms with Crippen molar-refractivity contribution >= 4 is 5.78 Å². The van der Waals surface area contributed by atoms with E-state index in [1.54, 1.807) is 6.92 Å². The third kappa shape index (κ3) is 1.28. The van der Waals surface area contributed by atoms with Crippen molar-refractivity contribution in [1.82, 2.24) is 4.90 Å². The van der Waals surface area contributed by atoms with Crippen LogP contribution in [0.5, 0.6) is 0 Å². The SMILES string of the molecule is CC(=O)CN1CC1N. The number of carbonyl (C=O) groups is 1. The monoisotopic (exact) mass is 114 g/mol. The molecule has 2 N–H and O–H groups in total. The fourth-order valence-electron chi connectivity index (χ4n) is 0.661. The summed E-state index contributed by atoms with van der Waals surface area (Å²) in [4.78, 5) is 12.3. The second kappa shape index (κ2) is 1.84. The highest BCUT2D eigenvalue weighted by Gasteiger charge is 2.29. The molecule has 2 unspecified atom stereocenters. The van der Waals surface area contributed by atoms with E-state index >= 15 is 0 Å². The Morgan fingerprint density at radius 1 is 2.00 bits per heavy atom. The van der Waals surface area contributed by atoms with Crippen LogP contribution in [-0.4, -0.2) is 29.9 Å². The van der Waals surface area contributed by atoms with Gasteiger partial charge in [0, 0.05) is 6.54 Å². The number of ketones is 1. The third-order valence-electron chi connectivity index (χ3n) is 1.18. The number of Topliss-reactive ketones (excluding diaryl/α,β-unsaturated/α-hetero) is 1. The summed E-state index contributed by atoms with van der Waals surface area (Å²) in [6, 6.07) is 0. The van der Waals surface area contributed by atoms with Gasteiger partial charge in [-0.2, -0.15) is 0 Å². The van der Waals surface area contributed by atoms with Gasteiger partial charge >= 0.3 is 0 Å². The largest absolute Gasteiger partial charge is 0.315 e. The molecule has 0 saturated carbocycles. The molecule has 1 saturated heterocycles. The summed E-state index contributed by atoms with van der Waals surface area (Å²) >= 11 is 0. The van der Waals surface area contributed by atoms with Gasteiger partial charge in [0.1, 0.15) is 5.78 Å². The fourth-order valence-corrected chi connectivity index (χ4v) is 0.661. The number of nitrogens with zero attached hydrogens (tertiary/aromatic N) is 1. The second-order valence-electron chi connectivity index (χ2n) is 2.20. The highest BCUT2D eigenvalue weighted by molar-refractivity contribution is 5.77. The Hall–Kier alpha value is -0.410. The Morgan fingerprint density at radius 2 is 2.50 bits per heavy atom. The van der Waals surface area contributed by atoms with Crippen LogP contribution < -0.4 is 5.73 Å². The zero-order chi connectivity index (χ0) is 6.15. The van der Waals surface area contributed by atoms with Crippen LogP contribution >= 0.6 is 0 Å². The van der Waals surface area contributed by atoms with Gasteiger partial charge in [0.15, 0.2) is 0 Å². The lowest BCUT2D eigenvalue weighted by atomic mass is 10.4. The van der Waals surface area contributed by atoms with Gasteiger partial charge in [0.05, 0.1) is 12.7 Å². The summed E-state index contributed by atoms with van der Waals surface area (Å²) in [6.07, 6.45) is 0.166. The topological polar surface area (TPSA) is 46.1 Å². The molecule has 46 valence electrons. The maximum Gasteiger partial charge on any atom is 0.143 e. The van der Waals surface area contributed by atoms with Crippen molar-refractivity contribution in [3.05, 3.63) is 0 Å². The van der Waals surface area contributed by atoms with Crippen molar-refractivity contribution in [2.45, 2.75) is 13.1 Å². The van der Waals surface area contributed by atoms with Gasteiger partial charge in [0.2, 0.25) is 0 Å². The van der Waals surface area contributed by atoms with Crippen LogP contribution in [0.2, 0.25) is 0 Å². The maximum atomic E-state index is 10.3. The predicted octanol–water partition coefficient (Wildman–Crippen LogP) is -0.824. The van der Waals surface area contributed by atoms with Crippen LogP contribution in [0.3, 0.4) is 0 Å². The van der Waals surface area contributed by atoms with E-state index in [1.165, 1.54) is 0 Å². The predicted molar refractivity (Wildman–Crippen MR) is 30.2 cm³/mol. The molecule has 1 heterocycles. The average molecular weight is 114 g/mol. The number of carbonyl (C=O) groups excluding carboxylic acids is 1. The Balaban J connectivity index is 2.14. The molecule has 3 heteroatoms. The molecular weight excluding hydrogens is 104 g/mol. The van der Waals surface area contributed by atoms with Gasteiger partial charge in [-0.15, -0.1) is 0 Å². The summed E-state index contributed by atoms with van der Waals surface area (Å²) in [5.41, 5.74) is 5.39. The van der Waals surface area contributed by atoms with Gasteiger partial charge < -0.3 is 5.73 Å². The van der Waals surface area contributed by atoms with Gasteiger partial charge in [-0.05, 0) is 6.92 Å². The highest BCUT2D eigenvalue weighted by atomic mass is 16.1. The van der Waals surface area contributed by atoms with E-state index in [9.17, 15) is 4.79 Å². The van der Waals surface area contributed by atoms with Crippen molar-refractivity contribution in [2.75, 3.05) is 13.1 Å². The molecular formula is C5H10N2O. The number of rotatable bonds is 2. The minimum Gasteiger partial charge on any atom is -0.315 e. The van der Waals surface area contributed by atoms with Crippen LogP contribution in [0.4, 0.5) is 0 Å². The second-order valence-corrected chi connectivity index (χ2v) is 2.20. The van der Waals surface area contributed by atoms with Gasteiger partial charge in [-0.3, -0.25) is 9.69 Å². The first-order valence-corrected chi connectivity index (χ1v) is 2.69. The molecule has 2 atom stereocenters. The number of hydrogen-bond acceptors (Lipinski definition) is 3. The zero-order valence-electron chi connectivity index (χ0n) is 4.92. The average Bonchev–Trinajstić information content (AvgIpc) is 2.17. The molecule has 0 bridgehead atoms. The Kier molecular flexibility index (Phi) is 1.31. The molecule has 0 aromatic heterocycles. The van der Waals surface area contributed by atoms with E-state index in [1.807, 2.05) is 4.90 Å². The first-order chi connectivity index (χ1) is 3.70. The van der Waals surface area contributed by atoms with Crippen LogP contribution in [-0.2, 0) is 4.79 Å². The van der Waals surface area contributed by atoms with Crippen molar-refractivity contribution < 1.29 is 4.79 Å². The van der Waals surface area contributed by atoms with Crippen LogP contribution in [0.15, 0.2) is 0 Å². The van der Waals surface area contributed by atoms with Crippen LogP contribution in [0.1, 0.15) is 6.92 Å². The molecule has 8 heavy (non-hydrogen) atoms. The molecule has 3 nitrogen and oxygen atoms in total. The standard InChI is InChI=1S/C5H10N2O/c1-4(8)2-7-3-5(7)6/h5H,2-3,6H2,1H3. The number of nitrogens with two attached hydrogens (primary N) is 1. The van der Waals surface area contributed by atoms with Gasteiger partial charge in [0.25, 0.3) is 0 Å². The minimum atomic E-state index is 0.166. The van der Waals surface area contributed by atoms with Crippen LogP contribution in [0.25, 0.3) is 0 Å². The van der Waals surface area contributed by atoms with E-state index in [0.717, 1.165) is 6.54 Å². The summed E-state index contributed by atoms with van der Waals surface area (Å²) in [5, 5.41) is 0. The lowest BCUT2D eigenvalue weighted by Gasteiger charge is -1.92. The summed E-state index contributed by atoms with van der Waals surface area (Å²) in [5.74, 6) is 0.193. The molecule has 0 aromatic rings.